The van der Waals surface area contributed by atoms with E-state index in [9.17, 15) is 18.5 Å². The summed E-state index contributed by atoms with van der Waals surface area (Å²) < 4.78 is 31.1. The standard InChI is InChI=1S/C11H17N3O5S/c1-3-12-10-8-9(4-5-11(10)14(15)16)20(17,18)13-6-7-19-2/h4-5,8,12-13H,3,6-7H2,1-2H3. The number of hydrogen-bond acceptors (Lipinski definition) is 6. The maximum Gasteiger partial charge on any atom is 0.292 e. The van der Waals surface area contributed by atoms with E-state index in [1.54, 1.807) is 6.92 Å². The van der Waals surface area contributed by atoms with Crippen molar-refractivity contribution in [1.29, 1.82) is 0 Å². The van der Waals surface area contributed by atoms with Crippen molar-refractivity contribution < 1.29 is 18.1 Å². The van der Waals surface area contributed by atoms with Gasteiger partial charge in [0.25, 0.3) is 5.69 Å². The van der Waals surface area contributed by atoms with Gasteiger partial charge in [-0.15, -0.1) is 0 Å². The Morgan fingerprint density at radius 3 is 2.65 bits per heavy atom. The smallest absolute Gasteiger partial charge is 0.292 e. The third-order valence-corrected chi connectivity index (χ3v) is 3.90. The first-order chi connectivity index (χ1) is 9.42. The lowest BCUT2D eigenvalue weighted by Gasteiger charge is -2.09. The number of ether oxygens (including phenoxy) is 1. The molecule has 1 rings (SSSR count). The van der Waals surface area contributed by atoms with Gasteiger partial charge in [0.1, 0.15) is 5.69 Å². The van der Waals surface area contributed by atoms with Crippen molar-refractivity contribution in [1.82, 2.24) is 4.72 Å². The maximum atomic E-state index is 12.0. The van der Waals surface area contributed by atoms with E-state index < -0.39 is 14.9 Å². The van der Waals surface area contributed by atoms with Gasteiger partial charge in [0, 0.05) is 26.3 Å². The summed E-state index contributed by atoms with van der Waals surface area (Å²) in [6, 6.07) is 3.62. The van der Waals surface area contributed by atoms with Crippen LogP contribution in [0.5, 0.6) is 0 Å². The topological polar surface area (TPSA) is 111 Å². The molecule has 0 radical (unpaired) electrons. The van der Waals surface area contributed by atoms with Crippen LogP contribution in [-0.4, -0.2) is 40.1 Å². The fraction of sp³-hybridized carbons (Fsp3) is 0.455. The van der Waals surface area contributed by atoms with Crippen LogP contribution in [0.4, 0.5) is 11.4 Å². The molecule has 0 amide bonds. The molecular weight excluding hydrogens is 286 g/mol. The SMILES string of the molecule is CCNc1cc(S(=O)(=O)NCCOC)ccc1[N+](=O)[O-]. The van der Waals surface area contributed by atoms with Crippen molar-refractivity contribution in [3.63, 3.8) is 0 Å². The molecule has 0 aliphatic carbocycles. The zero-order valence-electron chi connectivity index (χ0n) is 11.3. The second kappa shape index (κ2) is 7.17. The Balaban J connectivity index is 3.07. The molecule has 0 bridgehead atoms. The Morgan fingerprint density at radius 1 is 1.40 bits per heavy atom. The van der Waals surface area contributed by atoms with Crippen LogP contribution in [0.2, 0.25) is 0 Å². The van der Waals surface area contributed by atoms with E-state index in [1.165, 1.54) is 25.3 Å². The molecule has 1 aromatic carbocycles. The number of nitrogens with zero attached hydrogens (tertiary/aromatic N) is 1. The van der Waals surface area contributed by atoms with Crippen LogP contribution in [0.25, 0.3) is 0 Å². The lowest BCUT2D eigenvalue weighted by molar-refractivity contribution is -0.384. The summed E-state index contributed by atoms with van der Waals surface area (Å²) in [7, 11) is -2.25. The molecule has 0 heterocycles. The van der Waals surface area contributed by atoms with E-state index >= 15 is 0 Å². The van der Waals surface area contributed by atoms with Crippen LogP contribution >= 0.6 is 0 Å². The normalized spacial score (nSPS) is 11.3. The van der Waals surface area contributed by atoms with Gasteiger partial charge in [0.05, 0.1) is 16.4 Å². The molecule has 8 nitrogen and oxygen atoms in total. The second-order valence-corrected chi connectivity index (χ2v) is 5.62. The van der Waals surface area contributed by atoms with Gasteiger partial charge in [-0.25, -0.2) is 13.1 Å². The summed E-state index contributed by atoms with van der Waals surface area (Å²) in [6.45, 7) is 2.59. The van der Waals surface area contributed by atoms with Crippen molar-refractivity contribution in [2.45, 2.75) is 11.8 Å². The number of anilines is 1. The lowest BCUT2D eigenvalue weighted by atomic mass is 10.2. The van der Waals surface area contributed by atoms with Crippen LogP contribution in [0.15, 0.2) is 23.1 Å². The molecule has 0 saturated heterocycles. The van der Waals surface area contributed by atoms with Gasteiger partial charge >= 0.3 is 0 Å². The molecule has 0 aliphatic heterocycles. The van der Waals surface area contributed by atoms with E-state index in [1.807, 2.05) is 0 Å². The minimum Gasteiger partial charge on any atom is -0.383 e. The van der Waals surface area contributed by atoms with Crippen molar-refractivity contribution in [3.05, 3.63) is 28.3 Å². The number of nitro benzene ring substituents is 1. The number of hydrogen-bond donors (Lipinski definition) is 2. The summed E-state index contributed by atoms with van der Waals surface area (Å²) >= 11 is 0. The Labute approximate surface area is 117 Å². The van der Waals surface area contributed by atoms with E-state index in [2.05, 4.69) is 10.0 Å². The van der Waals surface area contributed by atoms with Crippen molar-refractivity contribution in [3.8, 4) is 0 Å². The molecule has 0 aromatic heterocycles. The van der Waals surface area contributed by atoms with Crippen LogP contribution < -0.4 is 10.0 Å². The molecule has 2 N–H and O–H groups in total. The van der Waals surface area contributed by atoms with Gasteiger partial charge in [-0.2, -0.15) is 0 Å². The highest BCUT2D eigenvalue weighted by Crippen LogP contribution is 2.27. The third-order valence-electron chi connectivity index (χ3n) is 2.44. The fourth-order valence-corrected chi connectivity index (χ4v) is 2.57. The molecular formula is C11H17N3O5S. The third kappa shape index (κ3) is 4.15. The first kappa shape index (κ1) is 16.3. The number of nitrogens with one attached hydrogen (secondary N) is 2. The summed E-state index contributed by atoms with van der Waals surface area (Å²) in [5.74, 6) is 0. The van der Waals surface area contributed by atoms with Crippen LogP contribution in [0.1, 0.15) is 6.92 Å². The van der Waals surface area contributed by atoms with Crippen LogP contribution in [0.3, 0.4) is 0 Å². The van der Waals surface area contributed by atoms with E-state index in [-0.39, 0.29) is 29.4 Å². The summed E-state index contributed by atoms with van der Waals surface area (Å²) in [4.78, 5) is 10.3. The molecule has 0 unspecified atom stereocenters. The predicted octanol–water partition coefficient (Wildman–Crippen LogP) is 0.951. The maximum absolute atomic E-state index is 12.0. The molecule has 20 heavy (non-hydrogen) atoms. The highest BCUT2D eigenvalue weighted by molar-refractivity contribution is 7.89. The van der Waals surface area contributed by atoms with Gasteiger partial charge in [-0.05, 0) is 19.1 Å². The molecule has 1 aromatic rings. The summed E-state index contributed by atoms with van der Waals surface area (Å²) in [5, 5.41) is 13.6. The van der Waals surface area contributed by atoms with E-state index in [4.69, 9.17) is 4.74 Å². The van der Waals surface area contributed by atoms with Gasteiger partial charge in [0.2, 0.25) is 10.0 Å². The highest BCUT2D eigenvalue weighted by atomic mass is 32.2. The van der Waals surface area contributed by atoms with Crippen molar-refractivity contribution in [2.75, 3.05) is 32.1 Å². The van der Waals surface area contributed by atoms with Gasteiger partial charge in [-0.1, -0.05) is 0 Å². The number of rotatable bonds is 8. The first-order valence-corrected chi connectivity index (χ1v) is 7.41. The quantitative estimate of drug-likeness (QED) is 0.420. The average molecular weight is 303 g/mol. The molecule has 0 atom stereocenters. The Morgan fingerprint density at radius 2 is 2.10 bits per heavy atom. The van der Waals surface area contributed by atoms with Crippen LogP contribution in [-0.2, 0) is 14.8 Å². The number of nitro groups is 1. The minimum absolute atomic E-state index is 0.0323. The summed E-state index contributed by atoms with van der Waals surface area (Å²) in [6.07, 6.45) is 0. The largest absolute Gasteiger partial charge is 0.383 e. The van der Waals surface area contributed by atoms with Gasteiger partial charge in [-0.3, -0.25) is 10.1 Å². The zero-order chi connectivity index (χ0) is 15.2. The van der Waals surface area contributed by atoms with Crippen molar-refractivity contribution >= 4 is 21.4 Å². The number of benzene rings is 1. The molecule has 9 heteroatoms. The minimum atomic E-state index is -3.71. The lowest BCUT2D eigenvalue weighted by Crippen LogP contribution is -2.27. The van der Waals surface area contributed by atoms with E-state index in [0.717, 1.165) is 0 Å². The predicted molar refractivity (Wildman–Crippen MR) is 74.3 cm³/mol. The Bertz CT molecular complexity index is 573. The fourth-order valence-electron chi connectivity index (χ4n) is 1.53. The Hall–Kier alpha value is -1.71. The molecule has 0 saturated carbocycles. The van der Waals surface area contributed by atoms with E-state index in [0.29, 0.717) is 6.54 Å². The second-order valence-electron chi connectivity index (χ2n) is 3.86. The molecule has 0 fully saturated rings. The number of methoxy groups -OCH3 is 1. The average Bonchev–Trinajstić information content (AvgIpc) is 2.39. The highest BCUT2D eigenvalue weighted by Gasteiger charge is 2.19. The van der Waals surface area contributed by atoms with Crippen molar-refractivity contribution in [2.24, 2.45) is 0 Å². The zero-order valence-corrected chi connectivity index (χ0v) is 12.1. The monoisotopic (exact) mass is 303 g/mol. The molecule has 0 aliphatic rings. The van der Waals surface area contributed by atoms with Gasteiger partial charge < -0.3 is 10.1 Å². The Kier molecular flexibility index (Phi) is 5.86. The molecule has 0 spiro atoms. The molecule has 112 valence electrons. The van der Waals surface area contributed by atoms with Gasteiger partial charge in [0.15, 0.2) is 0 Å². The summed E-state index contributed by atoms with van der Waals surface area (Å²) in [5.41, 5.74) is 0.00908. The van der Waals surface area contributed by atoms with Crippen LogP contribution in [0, 0.1) is 10.1 Å². The number of sulfonamides is 1. The first-order valence-electron chi connectivity index (χ1n) is 5.93.